The number of aromatic nitrogens is 1. The SMILES string of the molecule is COc1cccc(C=CC(=O)NCc2cccnc2N(C)C)c1OC(F)F. The minimum Gasteiger partial charge on any atom is -0.493 e. The van der Waals surface area contributed by atoms with Crippen molar-refractivity contribution >= 4 is 17.8 Å². The molecule has 2 aromatic rings. The normalized spacial score (nSPS) is 10.9. The lowest BCUT2D eigenvalue weighted by atomic mass is 10.1. The Kier molecular flexibility index (Phi) is 7.10. The number of methoxy groups -OCH3 is 1. The second-order valence-corrected chi connectivity index (χ2v) is 5.69. The van der Waals surface area contributed by atoms with Crippen molar-refractivity contribution in [2.75, 3.05) is 26.1 Å². The van der Waals surface area contributed by atoms with Crippen molar-refractivity contribution in [1.82, 2.24) is 10.3 Å². The Morgan fingerprint density at radius 2 is 2.07 bits per heavy atom. The maximum atomic E-state index is 12.6. The first-order valence-corrected chi connectivity index (χ1v) is 8.11. The van der Waals surface area contributed by atoms with Crippen LogP contribution in [0, 0.1) is 0 Å². The van der Waals surface area contributed by atoms with Gasteiger partial charge in [0.1, 0.15) is 5.82 Å². The number of carbonyl (C=O) groups excluding carboxylic acids is 1. The monoisotopic (exact) mass is 377 g/mol. The molecule has 1 aromatic carbocycles. The van der Waals surface area contributed by atoms with Crippen LogP contribution in [0.4, 0.5) is 14.6 Å². The molecule has 8 heteroatoms. The molecule has 1 amide bonds. The largest absolute Gasteiger partial charge is 0.493 e. The summed E-state index contributed by atoms with van der Waals surface area (Å²) in [5.41, 5.74) is 1.16. The summed E-state index contributed by atoms with van der Waals surface area (Å²) in [6.45, 7) is -2.72. The lowest BCUT2D eigenvalue weighted by Crippen LogP contribution is -2.22. The zero-order valence-corrected chi connectivity index (χ0v) is 15.3. The molecule has 0 radical (unpaired) electrons. The molecule has 0 bridgehead atoms. The molecule has 0 saturated carbocycles. The molecule has 0 spiro atoms. The third-order valence-electron chi connectivity index (χ3n) is 3.59. The molecule has 27 heavy (non-hydrogen) atoms. The van der Waals surface area contributed by atoms with Crippen molar-refractivity contribution in [3.63, 3.8) is 0 Å². The van der Waals surface area contributed by atoms with E-state index in [1.165, 1.54) is 25.3 Å². The summed E-state index contributed by atoms with van der Waals surface area (Å²) in [4.78, 5) is 18.2. The quantitative estimate of drug-likeness (QED) is 0.717. The lowest BCUT2D eigenvalue weighted by Gasteiger charge is -2.15. The number of para-hydroxylation sites is 1. The molecule has 6 nitrogen and oxygen atoms in total. The minimum absolute atomic E-state index is 0.124. The summed E-state index contributed by atoms with van der Waals surface area (Å²) in [6, 6.07) is 8.32. The van der Waals surface area contributed by atoms with Gasteiger partial charge in [0.25, 0.3) is 0 Å². The number of anilines is 1. The van der Waals surface area contributed by atoms with Crippen molar-refractivity contribution in [3.05, 3.63) is 53.7 Å². The highest BCUT2D eigenvalue weighted by molar-refractivity contribution is 5.92. The third-order valence-corrected chi connectivity index (χ3v) is 3.59. The fourth-order valence-electron chi connectivity index (χ4n) is 2.42. The number of alkyl halides is 2. The van der Waals surface area contributed by atoms with Crippen LogP contribution >= 0.6 is 0 Å². The van der Waals surface area contributed by atoms with Crippen LogP contribution in [-0.4, -0.2) is 38.7 Å². The maximum absolute atomic E-state index is 12.6. The van der Waals surface area contributed by atoms with E-state index >= 15 is 0 Å². The number of nitrogens with one attached hydrogen (secondary N) is 1. The van der Waals surface area contributed by atoms with Gasteiger partial charge in [-0.15, -0.1) is 0 Å². The Hall–Kier alpha value is -3.16. The van der Waals surface area contributed by atoms with E-state index < -0.39 is 6.61 Å². The van der Waals surface area contributed by atoms with Gasteiger partial charge in [-0.1, -0.05) is 18.2 Å². The molecule has 0 aliphatic carbocycles. The molecule has 0 saturated heterocycles. The molecule has 0 unspecified atom stereocenters. The van der Waals surface area contributed by atoms with E-state index in [9.17, 15) is 13.6 Å². The second-order valence-electron chi connectivity index (χ2n) is 5.69. The standard InChI is InChI=1S/C19H21F2N3O3/c1-24(2)18-14(7-5-11-22-18)12-23-16(25)10-9-13-6-4-8-15(26-3)17(13)27-19(20)21/h4-11,19H,12H2,1-3H3,(H,23,25). The first kappa shape index (κ1) is 20.2. The van der Waals surface area contributed by atoms with Crippen molar-refractivity contribution in [1.29, 1.82) is 0 Å². The topological polar surface area (TPSA) is 63.7 Å². The fraction of sp³-hybridized carbons (Fsp3) is 0.263. The fourth-order valence-corrected chi connectivity index (χ4v) is 2.42. The van der Waals surface area contributed by atoms with Gasteiger partial charge in [0.15, 0.2) is 11.5 Å². The van der Waals surface area contributed by atoms with Crippen molar-refractivity contribution in [2.45, 2.75) is 13.2 Å². The molecular formula is C19H21F2N3O3. The highest BCUT2D eigenvalue weighted by Crippen LogP contribution is 2.33. The molecule has 0 fully saturated rings. The van der Waals surface area contributed by atoms with Crippen LogP contribution in [0.1, 0.15) is 11.1 Å². The molecule has 1 aromatic heterocycles. The van der Waals surface area contributed by atoms with Gasteiger partial charge < -0.3 is 19.7 Å². The van der Waals surface area contributed by atoms with Crippen molar-refractivity contribution in [3.8, 4) is 11.5 Å². The van der Waals surface area contributed by atoms with Gasteiger partial charge in [-0.3, -0.25) is 4.79 Å². The van der Waals surface area contributed by atoms with Crippen LogP contribution in [0.3, 0.4) is 0 Å². The maximum Gasteiger partial charge on any atom is 0.387 e. The Labute approximate surface area is 156 Å². The summed E-state index contributed by atoms with van der Waals surface area (Å²) in [7, 11) is 5.08. The summed E-state index contributed by atoms with van der Waals surface area (Å²) in [5.74, 6) is 0.404. The average molecular weight is 377 g/mol. The van der Waals surface area contributed by atoms with E-state index in [0.717, 1.165) is 11.4 Å². The highest BCUT2D eigenvalue weighted by Gasteiger charge is 2.14. The molecule has 0 aliphatic rings. The van der Waals surface area contributed by atoms with Crippen molar-refractivity contribution < 1.29 is 23.0 Å². The zero-order valence-electron chi connectivity index (χ0n) is 15.3. The summed E-state index contributed by atoms with van der Waals surface area (Å²) < 4.78 is 34.8. The molecule has 2 rings (SSSR count). The predicted octanol–water partition coefficient (Wildman–Crippen LogP) is 3.09. The van der Waals surface area contributed by atoms with E-state index in [2.05, 4.69) is 15.0 Å². The first-order chi connectivity index (χ1) is 12.9. The zero-order chi connectivity index (χ0) is 19.8. The smallest absolute Gasteiger partial charge is 0.387 e. The van der Waals surface area contributed by atoms with Crippen LogP contribution in [0.15, 0.2) is 42.6 Å². The van der Waals surface area contributed by atoms with Gasteiger partial charge in [0.2, 0.25) is 5.91 Å². The highest BCUT2D eigenvalue weighted by atomic mass is 19.3. The van der Waals surface area contributed by atoms with Crippen molar-refractivity contribution in [2.24, 2.45) is 0 Å². The van der Waals surface area contributed by atoms with E-state index in [1.807, 2.05) is 25.1 Å². The number of ether oxygens (including phenoxy) is 2. The second kappa shape index (κ2) is 9.51. The number of nitrogens with zero attached hydrogens (tertiary/aromatic N) is 2. The van der Waals surface area contributed by atoms with Gasteiger partial charge in [-0.05, 0) is 18.2 Å². The van der Waals surface area contributed by atoms with Gasteiger partial charge in [0.05, 0.1) is 7.11 Å². The molecule has 0 atom stereocenters. The molecular weight excluding hydrogens is 356 g/mol. The first-order valence-electron chi connectivity index (χ1n) is 8.11. The number of hydrogen-bond donors (Lipinski definition) is 1. The van der Waals surface area contributed by atoms with Crippen LogP contribution in [0.5, 0.6) is 11.5 Å². The van der Waals surface area contributed by atoms with Crippen LogP contribution < -0.4 is 19.7 Å². The van der Waals surface area contributed by atoms with Gasteiger partial charge in [-0.2, -0.15) is 8.78 Å². The molecule has 1 N–H and O–H groups in total. The van der Waals surface area contributed by atoms with E-state index in [-0.39, 0.29) is 24.0 Å². The van der Waals surface area contributed by atoms with Crippen LogP contribution in [0.25, 0.3) is 6.08 Å². The Morgan fingerprint density at radius 3 is 2.74 bits per heavy atom. The number of rotatable bonds is 8. The van der Waals surface area contributed by atoms with Gasteiger partial charge in [-0.25, -0.2) is 4.98 Å². The Bertz CT molecular complexity index is 811. The number of halogens is 2. The van der Waals surface area contributed by atoms with Crippen LogP contribution in [-0.2, 0) is 11.3 Å². The minimum atomic E-state index is -3.00. The van der Waals surface area contributed by atoms with Gasteiger partial charge in [0, 0.05) is 44.0 Å². The number of carbonyl (C=O) groups is 1. The summed E-state index contributed by atoms with van der Waals surface area (Å²) >= 11 is 0. The average Bonchev–Trinajstić information content (AvgIpc) is 2.65. The summed E-state index contributed by atoms with van der Waals surface area (Å²) in [6.07, 6.45) is 4.32. The third kappa shape index (κ3) is 5.67. The lowest BCUT2D eigenvalue weighted by molar-refractivity contribution is -0.116. The predicted molar refractivity (Wildman–Crippen MR) is 99.1 cm³/mol. The number of amides is 1. The van der Waals surface area contributed by atoms with Crippen LogP contribution in [0.2, 0.25) is 0 Å². The molecule has 144 valence electrons. The van der Waals surface area contributed by atoms with E-state index in [1.54, 1.807) is 24.4 Å². The number of pyridine rings is 1. The van der Waals surface area contributed by atoms with E-state index in [0.29, 0.717) is 5.56 Å². The number of benzene rings is 1. The Morgan fingerprint density at radius 1 is 1.30 bits per heavy atom. The molecule has 1 heterocycles. The number of hydrogen-bond acceptors (Lipinski definition) is 5. The Balaban J connectivity index is 2.09. The van der Waals surface area contributed by atoms with Gasteiger partial charge >= 0.3 is 6.61 Å². The van der Waals surface area contributed by atoms with E-state index in [4.69, 9.17) is 4.74 Å². The molecule has 0 aliphatic heterocycles. The summed E-state index contributed by atoms with van der Waals surface area (Å²) in [5, 5.41) is 2.74.